The third kappa shape index (κ3) is 3.13. The summed E-state index contributed by atoms with van der Waals surface area (Å²) in [7, 11) is 0. The highest BCUT2D eigenvalue weighted by Gasteiger charge is 2.16. The van der Waals surface area contributed by atoms with Crippen molar-refractivity contribution in [2.24, 2.45) is 0 Å². The van der Waals surface area contributed by atoms with Crippen molar-refractivity contribution in [3.05, 3.63) is 87.4 Å². The summed E-state index contributed by atoms with van der Waals surface area (Å²) in [4.78, 5) is 4.79. The SMILES string of the molecule is Clc1ccc(-c2nc3ccccc3n2Cc2ccccc2Cl)c(Cl)c1. The van der Waals surface area contributed by atoms with E-state index in [0.717, 1.165) is 33.0 Å². The molecule has 0 unspecified atom stereocenters. The van der Waals surface area contributed by atoms with Crippen LogP contribution in [0.5, 0.6) is 0 Å². The molecule has 4 aromatic rings. The number of rotatable bonds is 3. The van der Waals surface area contributed by atoms with Crippen molar-refractivity contribution in [2.75, 3.05) is 0 Å². The fraction of sp³-hybridized carbons (Fsp3) is 0.0500. The molecule has 0 bridgehead atoms. The van der Waals surface area contributed by atoms with E-state index in [1.807, 2.05) is 60.7 Å². The van der Waals surface area contributed by atoms with E-state index in [1.165, 1.54) is 0 Å². The molecule has 4 rings (SSSR count). The van der Waals surface area contributed by atoms with Gasteiger partial charge in [-0.25, -0.2) is 4.98 Å². The number of nitrogens with zero attached hydrogens (tertiary/aromatic N) is 2. The van der Waals surface area contributed by atoms with Gasteiger partial charge in [0, 0.05) is 15.6 Å². The van der Waals surface area contributed by atoms with Gasteiger partial charge in [0.05, 0.1) is 22.6 Å². The molecule has 1 heterocycles. The van der Waals surface area contributed by atoms with Gasteiger partial charge < -0.3 is 4.57 Å². The normalized spacial score (nSPS) is 11.2. The van der Waals surface area contributed by atoms with Gasteiger partial charge >= 0.3 is 0 Å². The molecule has 0 spiro atoms. The van der Waals surface area contributed by atoms with Crippen LogP contribution in [0.25, 0.3) is 22.4 Å². The van der Waals surface area contributed by atoms with E-state index in [0.29, 0.717) is 16.6 Å². The van der Waals surface area contributed by atoms with Gasteiger partial charge in [0.1, 0.15) is 5.82 Å². The monoisotopic (exact) mass is 386 g/mol. The fourth-order valence-electron chi connectivity index (χ4n) is 2.91. The zero-order valence-corrected chi connectivity index (χ0v) is 15.4. The van der Waals surface area contributed by atoms with Crippen LogP contribution in [0, 0.1) is 0 Å². The molecule has 0 amide bonds. The lowest BCUT2D eigenvalue weighted by atomic mass is 10.2. The van der Waals surface area contributed by atoms with E-state index in [-0.39, 0.29) is 0 Å². The molecule has 1 aromatic heterocycles. The van der Waals surface area contributed by atoms with Gasteiger partial charge in [0.2, 0.25) is 0 Å². The van der Waals surface area contributed by atoms with Crippen LogP contribution in [0.3, 0.4) is 0 Å². The molecule has 25 heavy (non-hydrogen) atoms. The van der Waals surface area contributed by atoms with Crippen molar-refractivity contribution in [1.29, 1.82) is 0 Å². The Labute approximate surface area is 160 Å². The molecule has 0 atom stereocenters. The third-order valence-corrected chi connectivity index (χ3v) is 5.03. The summed E-state index contributed by atoms with van der Waals surface area (Å²) in [5.74, 6) is 0.794. The number of fused-ring (bicyclic) bond motifs is 1. The van der Waals surface area contributed by atoms with Gasteiger partial charge in [-0.05, 0) is 42.0 Å². The summed E-state index contributed by atoms with van der Waals surface area (Å²) in [5.41, 5.74) is 3.81. The van der Waals surface area contributed by atoms with Crippen LogP contribution in [-0.4, -0.2) is 9.55 Å². The number of benzene rings is 3. The van der Waals surface area contributed by atoms with Gasteiger partial charge in [-0.15, -0.1) is 0 Å². The Morgan fingerprint density at radius 2 is 1.56 bits per heavy atom. The van der Waals surface area contributed by atoms with Crippen LogP contribution < -0.4 is 0 Å². The number of aromatic nitrogens is 2. The summed E-state index contributed by atoms with van der Waals surface area (Å²) in [5, 5.41) is 1.90. The minimum atomic E-state index is 0.572. The lowest BCUT2D eigenvalue weighted by molar-refractivity contribution is 0.834. The van der Waals surface area contributed by atoms with Crippen LogP contribution in [0.2, 0.25) is 15.1 Å². The van der Waals surface area contributed by atoms with Crippen molar-refractivity contribution in [2.45, 2.75) is 6.54 Å². The zero-order chi connectivity index (χ0) is 17.4. The Morgan fingerprint density at radius 1 is 0.800 bits per heavy atom. The van der Waals surface area contributed by atoms with Crippen molar-refractivity contribution >= 4 is 45.8 Å². The van der Waals surface area contributed by atoms with E-state index in [2.05, 4.69) is 4.57 Å². The molecule has 0 aliphatic carbocycles. The first-order valence-corrected chi connectivity index (χ1v) is 8.91. The quantitative estimate of drug-likeness (QED) is 0.382. The first kappa shape index (κ1) is 16.5. The standard InChI is InChI=1S/C20H13Cl3N2/c21-14-9-10-15(17(23)11-14)20-24-18-7-3-4-8-19(18)25(20)12-13-5-1-2-6-16(13)22/h1-11H,12H2. The largest absolute Gasteiger partial charge is 0.319 e. The number of imidazole rings is 1. The van der Waals surface area contributed by atoms with Gasteiger partial charge in [-0.1, -0.05) is 65.1 Å². The molecule has 0 aliphatic heterocycles. The lowest BCUT2D eigenvalue weighted by Gasteiger charge is -2.12. The summed E-state index contributed by atoms with van der Waals surface area (Å²) >= 11 is 18.8. The van der Waals surface area contributed by atoms with Crippen molar-refractivity contribution in [3.63, 3.8) is 0 Å². The Bertz CT molecular complexity index is 1070. The van der Waals surface area contributed by atoms with Crippen LogP contribution in [0.1, 0.15) is 5.56 Å². The van der Waals surface area contributed by atoms with Crippen molar-refractivity contribution < 1.29 is 0 Å². The van der Waals surface area contributed by atoms with Crippen LogP contribution in [0.4, 0.5) is 0 Å². The molecule has 0 saturated heterocycles. The molecule has 3 aromatic carbocycles. The van der Waals surface area contributed by atoms with Gasteiger partial charge in [0.25, 0.3) is 0 Å². The van der Waals surface area contributed by atoms with Gasteiger partial charge in [0.15, 0.2) is 0 Å². The first-order chi connectivity index (χ1) is 12.1. The second-order valence-corrected chi connectivity index (χ2v) is 6.98. The predicted molar refractivity (Wildman–Crippen MR) is 106 cm³/mol. The van der Waals surface area contributed by atoms with Crippen LogP contribution in [0.15, 0.2) is 66.7 Å². The maximum Gasteiger partial charge on any atom is 0.142 e. The second-order valence-electron chi connectivity index (χ2n) is 5.73. The average molecular weight is 388 g/mol. The Balaban J connectivity index is 1.94. The van der Waals surface area contributed by atoms with E-state index < -0.39 is 0 Å². The van der Waals surface area contributed by atoms with Gasteiger partial charge in [-0.3, -0.25) is 0 Å². The molecule has 2 nitrogen and oxygen atoms in total. The molecular weight excluding hydrogens is 375 g/mol. The highest BCUT2D eigenvalue weighted by molar-refractivity contribution is 6.36. The summed E-state index contributed by atoms with van der Waals surface area (Å²) < 4.78 is 2.13. The van der Waals surface area contributed by atoms with E-state index in [9.17, 15) is 0 Å². The fourth-order valence-corrected chi connectivity index (χ4v) is 3.60. The topological polar surface area (TPSA) is 17.8 Å². The Kier molecular flexibility index (Phi) is 4.43. The van der Waals surface area contributed by atoms with E-state index >= 15 is 0 Å². The number of para-hydroxylation sites is 2. The maximum absolute atomic E-state index is 6.43. The number of hydrogen-bond donors (Lipinski definition) is 0. The smallest absolute Gasteiger partial charge is 0.142 e. The molecular formula is C20H13Cl3N2. The van der Waals surface area contributed by atoms with E-state index in [1.54, 1.807) is 6.07 Å². The highest BCUT2D eigenvalue weighted by Crippen LogP contribution is 2.33. The Hall–Kier alpha value is -2.00. The third-order valence-electron chi connectivity index (χ3n) is 4.11. The molecule has 0 radical (unpaired) electrons. The molecule has 124 valence electrons. The first-order valence-electron chi connectivity index (χ1n) is 7.77. The minimum Gasteiger partial charge on any atom is -0.319 e. The zero-order valence-electron chi connectivity index (χ0n) is 13.1. The minimum absolute atomic E-state index is 0.572. The van der Waals surface area contributed by atoms with Crippen LogP contribution in [-0.2, 0) is 6.54 Å². The summed E-state index contributed by atoms with van der Waals surface area (Å²) in [6.45, 7) is 0.606. The molecule has 0 fully saturated rings. The summed E-state index contributed by atoms with van der Waals surface area (Å²) in [6, 6.07) is 21.3. The number of halogens is 3. The lowest BCUT2D eigenvalue weighted by Crippen LogP contribution is -2.03. The highest BCUT2D eigenvalue weighted by atomic mass is 35.5. The van der Waals surface area contributed by atoms with Crippen LogP contribution >= 0.6 is 34.8 Å². The van der Waals surface area contributed by atoms with Crippen molar-refractivity contribution in [1.82, 2.24) is 9.55 Å². The van der Waals surface area contributed by atoms with Crippen molar-refractivity contribution in [3.8, 4) is 11.4 Å². The molecule has 5 heteroatoms. The molecule has 0 aliphatic rings. The average Bonchev–Trinajstić information content (AvgIpc) is 2.95. The van der Waals surface area contributed by atoms with E-state index in [4.69, 9.17) is 39.8 Å². The van der Waals surface area contributed by atoms with Gasteiger partial charge in [-0.2, -0.15) is 0 Å². The molecule has 0 saturated carbocycles. The summed E-state index contributed by atoms with van der Waals surface area (Å²) in [6.07, 6.45) is 0. The number of hydrogen-bond acceptors (Lipinski definition) is 1. The predicted octanol–water partition coefficient (Wildman–Crippen LogP) is 6.71. The molecule has 0 N–H and O–H groups in total. The maximum atomic E-state index is 6.43. The Morgan fingerprint density at radius 3 is 2.36 bits per heavy atom. The second kappa shape index (κ2) is 6.72.